The highest BCUT2D eigenvalue weighted by Crippen LogP contribution is 2.30. The first-order valence-electron chi connectivity index (χ1n) is 11.6. The minimum atomic E-state index is -0.441. The van der Waals surface area contributed by atoms with Crippen LogP contribution in [0.4, 0.5) is 11.4 Å². The molecule has 1 aromatic heterocycles. The van der Waals surface area contributed by atoms with Crippen molar-refractivity contribution < 1.29 is 18.8 Å². The van der Waals surface area contributed by atoms with E-state index in [4.69, 9.17) is 9.26 Å². The number of aromatic nitrogens is 2. The zero-order valence-corrected chi connectivity index (χ0v) is 19.8. The van der Waals surface area contributed by atoms with Gasteiger partial charge in [-0.2, -0.15) is 4.98 Å². The third-order valence-corrected chi connectivity index (χ3v) is 6.01. The molecule has 8 heteroatoms. The molecule has 1 N–H and O–H groups in total. The Balaban J connectivity index is 1.41. The Labute approximate surface area is 199 Å². The number of aryl methyl sites for hydroxylation is 1. The van der Waals surface area contributed by atoms with E-state index in [0.29, 0.717) is 35.3 Å². The maximum Gasteiger partial charge on any atom is 0.337 e. The summed E-state index contributed by atoms with van der Waals surface area (Å²) in [6.07, 6.45) is 2.70. The molecule has 0 saturated carbocycles. The maximum atomic E-state index is 12.7. The van der Waals surface area contributed by atoms with Crippen molar-refractivity contribution in [1.29, 1.82) is 0 Å². The van der Waals surface area contributed by atoms with E-state index in [0.717, 1.165) is 37.2 Å². The molecule has 4 rings (SSSR count). The molecule has 2 aromatic carbocycles. The molecule has 0 spiro atoms. The number of ether oxygens (including phenoxy) is 1. The number of esters is 1. The number of rotatable bonds is 8. The summed E-state index contributed by atoms with van der Waals surface area (Å²) in [5.41, 5.74) is 4.02. The third-order valence-electron chi connectivity index (χ3n) is 6.01. The predicted octanol–water partition coefficient (Wildman–Crippen LogP) is 4.82. The molecular formula is C26H30N4O4. The molecule has 3 aromatic rings. The van der Waals surface area contributed by atoms with Crippen molar-refractivity contribution in [2.24, 2.45) is 0 Å². The van der Waals surface area contributed by atoms with Gasteiger partial charge in [-0.15, -0.1) is 0 Å². The summed E-state index contributed by atoms with van der Waals surface area (Å²) < 4.78 is 10.2. The van der Waals surface area contributed by atoms with Gasteiger partial charge in [-0.1, -0.05) is 43.3 Å². The van der Waals surface area contributed by atoms with Crippen LogP contribution in [0.1, 0.15) is 60.8 Å². The summed E-state index contributed by atoms with van der Waals surface area (Å²) in [5, 5.41) is 7.01. The average Bonchev–Trinajstić information content (AvgIpc) is 3.55. The van der Waals surface area contributed by atoms with Gasteiger partial charge >= 0.3 is 5.97 Å². The van der Waals surface area contributed by atoms with Crippen LogP contribution in [-0.2, 0) is 16.0 Å². The predicted molar refractivity (Wildman–Crippen MR) is 130 cm³/mol. The summed E-state index contributed by atoms with van der Waals surface area (Å²) in [4.78, 5) is 31.4. The van der Waals surface area contributed by atoms with Crippen molar-refractivity contribution in [3.05, 3.63) is 59.5 Å². The van der Waals surface area contributed by atoms with E-state index >= 15 is 0 Å². The van der Waals surface area contributed by atoms with E-state index in [1.807, 2.05) is 18.2 Å². The number of nitrogens with zero attached hydrogens (tertiary/aromatic N) is 3. The van der Waals surface area contributed by atoms with Gasteiger partial charge in [-0.05, 0) is 42.5 Å². The molecule has 1 amide bonds. The van der Waals surface area contributed by atoms with Gasteiger partial charge in [0.25, 0.3) is 0 Å². The van der Waals surface area contributed by atoms with Crippen LogP contribution in [-0.4, -0.2) is 42.2 Å². The Morgan fingerprint density at radius 2 is 1.85 bits per heavy atom. The monoisotopic (exact) mass is 462 g/mol. The average molecular weight is 463 g/mol. The van der Waals surface area contributed by atoms with Gasteiger partial charge in [0.2, 0.25) is 17.6 Å². The van der Waals surface area contributed by atoms with Gasteiger partial charge in [0, 0.05) is 31.5 Å². The number of hydrogen-bond donors (Lipinski definition) is 1. The fourth-order valence-electron chi connectivity index (χ4n) is 4.04. The number of methoxy groups -OCH3 is 1. The molecule has 0 radical (unpaired) electrons. The summed E-state index contributed by atoms with van der Waals surface area (Å²) in [6.45, 7) is 6.13. The van der Waals surface area contributed by atoms with Crippen LogP contribution in [0.25, 0.3) is 11.4 Å². The molecule has 34 heavy (non-hydrogen) atoms. The van der Waals surface area contributed by atoms with E-state index in [-0.39, 0.29) is 12.3 Å². The van der Waals surface area contributed by atoms with Crippen molar-refractivity contribution in [3.8, 4) is 11.4 Å². The summed E-state index contributed by atoms with van der Waals surface area (Å²) in [6, 6.07) is 13.3. The van der Waals surface area contributed by atoms with Crippen LogP contribution in [0.2, 0.25) is 0 Å². The van der Waals surface area contributed by atoms with Crippen LogP contribution in [0.3, 0.4) is 0 Å². The van der Waals surface area contributed by atoms with Crippen LogP contribution in [0, 0.1) is 0 Å². The van der Waals surface area contributed by atoms with Crippen molar-refractivity contribution in [2.75, 3.05) is 30.4 Å². The van der Waals surface area contributed by atoms with Gasteiger partial charge < -0.3 is 19.5 Å². The second-order valence-electron chi connectivity index (χ2n) is 8.75. The second kappa shape index (κ2) is 10.5. The Kier molecular flexibility index (Phi) is 7.25. The number of hydrogen-bond acceptors (Lipinski definition) is 7. The maximum absolute atomic E-state index is 12.7. The topological polar surface area (TPSA) is 97.6 Å². The number of carbonyl (C=O) groups is 2. The fourth-order valence-corrected chi connectivity index (χ4v) is 4.04. The highest BCUT2D eigenvalue weighted by atomic mass is 16.5. The minimum absolute atomic E-state index is 0.176. The zero-order valence-electron chi connectivity index (χ0n) is 19.8. The molecule has 0 aliphatic carbocycles. The molecule has 178 valence electrons. The first-order chi connectivity index (χ1) is 16.4. The van der Waals surface area contributed by atoms with Gasteiger partial charge in [0.1, 0.15) is 0 Å². The lowest BCUT2D eigenvalue weighted by molar-refractivity contribution is -0.116. The Morgan fingerprint density at radius 1 is 1.12 bits per heavy atom. The lowest BCUT2D eigenvalue weighted by atomic mass is 10.0. The molecule has 2 heterocycles. The molecule has 1 aliphatic rings. The van der Waals surface area contributed by atoms with E-state index in [2.05, 4.69) is 46.3 Å². The molecule has 0 bridgehead atoms. The van der Waals surface area contributed by atoms with Gasteiger partial charge in [-0.25, -0.2) is 4.79 Å². The molecular weight excluding hydrogens is 432 g/mol. The van der Waals surface area contributed by atoms with E-state index < -0.39 is 5.97 Å². The summed E-state index contributed by atoms with van der Waals surface area (Å²) >= 11 is 0. The van der Waals surface area contributed by atoms with Gasteiger partial charge in [-0.3, -0.25) is 4.79 Å². The van der Waals surface area contributed by atoms with Crippen LogP contribution < -0.4 is 10.2 Å². The van der Waals surface area contributed by atoms with Gasteiger partial charge in [0.05, 0.1) is 24.0 Å². The van der Waals surface area contributed by atoms with Crippen molar-refractivity contribution in [3.63, 3.8) is 0 Å². The molecule has 1 aliphatic heterocycles. The lowest BCUT2D eigenvalue weighted by Gasteiger charge is -2.22. The smallest absolute Gasteiger partial charge is 0.337 e. The second-order valence-corrected chi connectivity index (χ2v) is 8.75. The van der Waals surface area contributed by atoms with Gasteiger partial charge in [0.15, 0.2) is 0 Å². The van der Waals surface area contributed by atoms with E-state index in [1.54, 1.807) is 12.1 Å². The van der Waals surface area contributed by atoms with E-state index in [1.165, 1.54) is 12.7 Å². The van der Waals surface area contributed by atoms with Crippen molar-refractivity contribution in [1.82, 2.24) is 10.1 Å². The van der Waals surface area contributed by atoms with Crippen LogP contribution in [0.15, 0.2) is 47.0 Å². The van der Waals surface area contributed by atoms with Crippen molar-refractivity contribution >= 4 is 23.3 Å². The Morgan fingerprint density at radius 3 is 2.53 bits per heavy atom. The molecule has 1 fully saturated rings. The third kappa shape index (κ3) is 5.44. The quantitative estimate of drug-likeness (QED) is 0.479. The highest BCUT2D eigenvalue weighted by molar-refractivity contribution is 5.98. The summed E-state index contributed by atoms with van der Waals surface area (Å²) in [7, 11) is 1.34. The Hall–Kier alpha value is -3.68. The van der Waals surface area contributed by atoms with Crippen LogP contribution >= 0.6 is 0 Å². The van der Waals surface area contributed by atoms with Crippen LogP contribution in [0.5, 0.6) is 0 Å². The first kappa shape index (κ1) is 23.5. The minimum Gasteiger partial charge on any atom is -0.465 e. The molecule has 8 nitrogen and oxygen atoms in total. The Bertz CT molecular complexity index is 1150. The molecule has 0 atom stereocenters. The normalized spacial score (nSPS) is 13.4. The summed E-state index contributed by atoms with van der Waals surface area (Å²) in [5.74, 6) is 0.730. The molecule has 1 saturated heterocycles. The zero-order chi connectivity index (χ0) is 24.1. The number of carbonyl (C=O) groups excluding carboxylic acids is 2. The standard InChI is InChI=1S/C26H30N4O4/c1-17(2)18-6-8-19(9-7-18)25-28-24(34-29-25)13-12-23(31)27-21-16-20(26(32)33-3)10-11-22(21)30-14-4-5-15-30/h6-11,16-17H,4-5,12-15H2,1-3H3,(H,27,31). The van der Waals surface area contributed by atoms with Crippen molar-refractivity contribution in [2.45, 2.75) is 45.4 Å². The number of anilines is 2. The first-order valence-corrected chi connectivity index (χ1v) is 11.6. The van der Waals surface area contributed by atoms with E-state index in [9.17, 15) is 9.59 Å². The highest BCUT2D eigenvalue weighted by Gasteiger charge is 2.19. The molecule has 0 unspecified atom stereocenters. The largest absolute Gasteiger partial charge is 0.465 e. The number of nitrogens with one attached hydrogen (secondary N) is 1. The lowest BCUT2D eigenvalue weighted by Crippen LogP contribution is -2.21. The SMILES string of the molecule is COC(=O)c1ccc(N2CCCC2)c(NC(=O)CCc2nc(-c3ccc(C(C)C)cc3)no2)c1. The fraction of sp³-hybridized carbons (Fsp3) is 0.385. The number of benzene rings is 2. The number of amides is 1.